The van der Waals surface area contributed by atoms with Crippen LogP contribution < -0.4 is 0 Å². The number of carbonyl (C=O) groups excluding carboxylic acids is 1. The van der Waals surface area contributed by atoms with Crippen molar-refractivity contribution >= 4 is 11.5 Å². The summed E-state index contributed by atoms with van der Waals surface area (Å²) < 4.78 is 18.7. The molecule has 0 atom stereocenters. The van der Waals surface area contributed by atoms with Gasteiger partial charge in [0.25, 0.3) is 0 Å². The summed E-state index contributed by atoms with van der Waals surface area (Å²) in [7, 11) is 0. The maximum atomic E-state index is 13.4. The Labute approximate surface area is 118 Å². The monoisotopic (exact) mass is 275 g/mol. The molecule has 0 saturated carbocycles. The Kier molecular flexibility index (Phi) is 3.83. The molecule has 1 saturated heterocycles. The number of halogens is 1. The quantitative estimate of drug-likeness (QED) is 0.737. The molecule has 3 nitrogen and oxygen atoms in total. The van der Waals surface area contributed by atoms with Gasteiger partial charge < -0.3 is 9.64 Å². The fraction of sp³-hybridized carbons (Fsp3) is 0.438. The largest absolute Gasteiger partial charge is 0.378 e. The van der Waals surface area contributed by atoms with Crippen LogP contribution in [0.3, 0.4) is 0 Å². The van der Waals surface area contributed by atoms with E-state index < -0.39 is 0 Å². The molecule has 0 aromatic heterocycles. The van der Waals surface area contributed by atoms with E-state index in [9.17, 15) is 9.18 Å². The Hall–Kier alpha value is -1.68. The topological polar surface area (TPSA) is 29.5 Å². The van der Waals surface area contributed by atoms with Gasteiger partial charge in [0.15, 0.2) is 0 Å². The first-order chi connectivity index (χ1) is 9.74. The lowest BCUT2D eigenvalue weighted by molar-refractivity contribution is -0.129. The molecule has 0 N–H and O–H groups in total. The summed E-state index contributed by atoms with van der Waals surface area (Å²) in [4.78, 5) is 14.1. The number of amides is 1. The molecule has 2 aliphatic rings. The second kappa shape index (κ2) is 5.75. The van der Waals surface area contributed by atoms with Gasteiger partial charge in [-0.25, -0.2) is 4.39 Å². The molecule has 0 radical (unpaired) electrons. The standard InChI is InChI=1S/C16H18FNO2/c17-14-5-4-12-2-1-3-13(15(12)11-14)10-16(19)18-6-8-20-9-7-18/h4-5,10-11H,1-3,6-9H2. The van der Waals surface area contributed by atoms with Crippen LogP contribution in [0.5, 0.6) is 0 Å². The van der Waals surface area contributed by atoms with E-state index in [-0.39, 0.29) is 11.7 Å². The molecule has 4 heteroatoms. The second-order valence-electron chi connectivity index (χ2n) is 5.26. The first-order valence-corrected chi connectivity index (χ1v) is 7.10. The molecule has 0 bridgehead atoms. The van der Waals surface area contributed by atoms with Crippen molar-refractivity contribution in [1.82, 2.24) is 4.90 Å². The average molecular weight is 275 g/mol. The smallest absolute Gasteiger partial charge is 0.247 e. The number of fused-ring (bicyclic) bond motifs is 1. The van der Waals surface area contributed by atoms with Crippen molar-refractivity contribution in [1.29, 1.82) is 0 Å². The van der Waals surface area contributed by atoms with Gasteiger partial charge in [0, 0.05) is 19.2 Å². The van der Waals surface area contributed by atoms with Crippen molar-refractivity contribution in [2.24, 2.45) is 0 Å². The normalized spacial score (nSPS) is 20.9. The zero-order valence-corrected chi connectivity index (χ0v) is 11.4. The SMILES string of the molecule is O=C(C=C1CCCc2ccc(F)cc21)N1CCOCC1. The lowest BCUT2D eigenvalue weighted by atomic mass is 9.87. The Morgan fingerprint density at radius 1 is 1.25 bits per heavy atom. The van der Waals surface area contributed by atoms with Crippen molar-refractivity contribution < 1.29 is 13.9 Å². The van der Waals surface area contributed by atoms with Gasteiger partial charge in [0.05, 0.1) is 13.2 Å². The van der Waals surface area contributed by atoms with E-state index in [1.807, 2.05) is 6.07 Å². The van der Waals surface area contributed by atoms with E-state index in [4.69, 9.17) is 4.74 Å². The molecule has 1 aromatic rings. The van der Waals surface area contributed by atoms with Crippen LogP contribution in [0.1, 0.15) is 24.0 Å². The van der Waals surface area contributed by atoms with Crippen LogP contribution in [0.2, 0.25) is 0 Å². The van der Waals surface area contributed by atoms with Crippen LogP contribution in [-0.2, 0) is 16.0 Å². The van der Waals surface area contributed by atoms with E-state index >= 15 is 0 Å². The first kappa shape index (κ1) is 13.3. The third-order valence-corrected chi connectivity index (χ3v) is 3.93. The molecular formula is C16H18FNO2. The minimum atomic E-state index is -0.240. The molecule has 1 aliphatic heterocycles. The average Bonchev–Trinajstić information content (AvgIpc) is 2.49. The van der Waals surface area contributed by atoms with Crippen molar-refractivity contribution in [3.8, 4) is 0 Å². The molecule has 1 aromatic carbocycles. The molecule has 1 fully saturated rings. The third-order valence-electron chi connectivity index (χ3n) is 3.93. The van der Waals surface area contributed by atoms with Crippen molar-refractivity contribution in [3.63, 3.8) is 0 Å². The first-order valence-electron chi connectivity index (χ1n) is 7.10. The maximum Gasteiger partial charge on any atom is 0.247 e. The van der Waals surface area contributed by atoms with Crippen LogP contribution in [0.15, 0.2) is 24.3 Å². The van der Waals surface area contributed by atoms with Gasteiger partial charge in [-0.05, 0) is 48.1 Å². The highest BCUT2D eigenvalue weighted by Gasteiger charge is 2.19. The number of benzene rings is 1. The summed E-state index contributed by atoms with van der Waals surface area (Å²) >= 11 is 0. The number of nitrogens with zero attached hydrogens (tertiary/aromatic N) is 1. The minimum absolute atomic E-state index is 0.0143. The van der Waals surface area contributed by atoms with Crippen molar-refractivity contribution in [2.75, 3.05) is 26.3 Å². The van der Waals surface area contributed by atoms with Crippen molar-refractivity contribution in [3.05, 3.63) is 41.2 Å². The number of carbonyl (C=O) groups is 1. The minimum Gasteiger partial charge on any atom is -0.378 e. The molecule has 0 spiro atoms. The lowest BCUT2D eigenvalue weighted by Gasteiger charge is -2.26. The molecule has 1 aliphatic carbocycles. The van der Waals surface area contributed by atoms with Gasteiger partial charge in [-0.15, -0.1) is 0 Å². The Morgan fingerprint density at radius 3 is 2.85 bits per heavy atom. The number of allylic oxidation sites excluding steroid dienone is 1. The van der Waals surface area contributed by atoms with Gasteiger partial charge in [-0.2, -0.15) is 0 Å². The van der Waals surface area contributed by atoms with Crippen LogP contribution >= 0.6 is 0 Å². The van der Waals surface area contributed by atoms with Gasteiger partial charge in [-0.1, -0.05) is 6.07 Å². The highest BCUT2D eigenvalue weighted by atomic mass is 19.1. The fourth-order valence-electron chi connectivity index (χ4n) is 2.84. The van der Waals surface area contributed by atoms with Gasteiger partial charge in [0.2, 0.25) is 5.91 Å². The fourth-order valence-corrected chi connectivity index (χ4v) is 2.84. The highest BCUT2D eigenvalue weighted by Crippen LogP contribution is 2.31. The van der Waals surface area contributed by atoms with E-state index in [1.54, 1.807) is 17.0 Å². The molecule has 20 heavy (non-hydrogen) atoms. The Balaban J connectivity index is 1.85. The van der Waals surface area contributed by atoms with Gasteiger partial charge in [0.1, 0.15) is 5.82 Å². The van der Waals surface area contributed by atoms with Crippen LogP contribution in [0, 0.1) is 5.82 Å². The molecular weight excluding hydrogens is 257 g/mol. The summed E-state index contributed by atoms with van der Waals surface area (Å²) in [6, 6.07) is 4.87. The van der Waals surface area contributed by atoms with Crippen LogP contribution in [0.4, 0.5) is 4.39 Å². The summed E-state index contributed by atoms with van der Waals surface area (Å²) in [6.45, 7) is 2.47. The zero-order valence-electron chi connectivity index (χ0n) is 11.4. The Bertz CT molecular complexity index is 547. The molecule has 106 valence electrons. The summed E-state index contributed by atoms with van der Waals surface area (Å²) in [5.74, 6) is -0.226. The van der Waals surface area contributed by atoms with Crippen molar-refractivity contribution in [2.45, 2.75) is 19.3 Å². The van der Waals surface area contributed by atoms with E-state index in [0.717, 1.165) is 36.0 Å². The Morgan fingerprint density at radius 2 is 2.05 bits per heavy atom. The molecule has 0 unspecified atom stereocenters. The van der Waals surface area contributed by atoms with Gasteiger partial charge in [-0.3, -0.25) is 4.79 Å². The molecule has 3 rings (SSSR count). The lowest BCUT2D eigenvalue weighted by Crippen LogP contribution is -2.39. The predicted molar refractivity (Wildman–Crippen MR) is 74.7 cm³/mol. The van der Waals surface area contributed by atoms with E-state index in [2.05, 4.69) is 0 Å². The maximum absolute atomic E-state index is 13.4. The summed E-state index contributed by atoms with van der Waals surface area (Å²) in [5.41, 5.74) is 3.00. The number of aryl methyl sites for hydroxylation is 1. The summed E-state index contributed by atoms with van der Waals surface area (Å²) in [5, 5.41) is 0. The number of rotatable bonds is 1. The number of ether oxygens (including phenoxy) is 1. The second-order valence-corrected chi connectivity index (χ2v) is 5.26. The third kappa shape index (κ3) is 2.75. The predicted octanol–water partition coefficient (Wildman–Crippen LogP) is 2.40. The summed E-state index contributed by atoms with van der Waals surface area (Å²) in [6.07, 6.45) is 4.49. The molecule has 1 amide bonds. The molecule has 1 heterocycles. The van der Waals surface area contributed by atoms with E-state index in [1.165, 1.54) is 6.07 Å². The van der Waals surface area contributed by atoms with E-state index in [0.29, 0.717) is 26.3 Å². The van der Waals surface area contributed by atoms with Gasteiger partial charge >= 0.3 is 0 Å². The zero-order chi connectivity index (χ0) is 13.9. The van der Waals surface area contributed by atoms with Crippen LogP contribution in [-0.4, -0.2) is 37.1 Å². The number of hydrogen-bond donors (Lipinski definition) is 0. The number of morpholine rings is 1. The highest BCUT2D eigenvalue weighted by molar-refractivity contribution is 5.96. The van der Waals surface area contributed by atoms with Crippen LogP contribution in [0.25, 0.3) is 5.57 Å². The number of hydrogen-bond acceptors (Lipinski definition) is 2.